The van der Waals surface area contributed by atoms with Gasteiger partial charge in [0.2, 0.25) is 5.91 Å². The number of anilines is 3. The SMILES string of the molecule is NC(=O)C1CCCN(c2cnc3c(N4CCCc5ncccc54)n[nH]c3n2)C1. The summed E-state index contributed by atoms with van der Waals surface area (Å²) in [6.45, 7) is 2.30. The van der Waals surface area contributed by atoms with Gasteiger partial charge in [-0.2, -0.15) is 5.10 Å². The van der Waals surface area contributed by atoms with E-state index in [1.165, 1.54) is 0 Å². The molecule has 0 spiro atoms. The van der Waals surface area contributed by atoms with Crippen molar-refractivity contribution in [1.29, 1.82) is 0 Å². The van der Waals surface area contributed by atoms with Gasteiger partial charge in [-0.15, -0.1) is 0 Å². The van der Waals surface area contributed by atoms with Gasteiger partial charge in [0.15, 0.2) is 17.0 Å². The zero-order valence-corrected chi connectivity index (χ0v) is 15.5. The van der Waals surface area contributed by atoms with E-state index in [0.717, 1.165) is 67.3 Å². The van der Waals surface area contributed by atoms with E-state index in [1.807, 2.05) is 12.3 Å². The Hall–Kier alpha value is -3.23. The van der Waals surface area contributed by atoms with Crippen LogP contribution >= 0.6 is 0 Å². The number of piperidine rings is 1. The van der Waals surface area contributed by atoms with Crippen LogP contribution in [0.5, 0.6) is 0 Å². The normalized spacial score (nSPS) is 19.6. The van der Waals surface area contributed by atoms with Gasteiger partial charge in [0.05, 0.1) is 23.5 Å². The van der Waals surface area contributed by atoms with Gasteiger partial charge in [0, 0.05) is 25.8 Å². The van der Waals surface area contributed by atoms with E-state index < -0.39 is 0 Å². The van der Waals surface area contributed by atoms with E-state index in [2.05, 4.69) is 36.0 Å². The predicted octanol–water partition coefficient (Wildman–Crippen LogP) is 1.53. The number of pyridine rings is 1. The largest absolute Gasteiger partial charge is 0.369 e. The quantitative estimate of drug-likeness (QED) is 0.710. The molecule has 0 radical (unpaired) electrons. The van der Waals surface area contributed by atoms with Crippen LogP contribution in [-0.4, -0.2) is 50.7 Å². The number of aromatic amines is 1. The van der Waals surface area contributed by atoms with Crippen molar-refractivity contribution in [1.82, 2.24) is 25.1 Å². The summed E-state index contributed by atoms with van der Waals surface area (Å²) in [7, 11) is 0. The highest BCUT2D eigenvalue weighted by atomic mass is 16.1. The van der Waals surface area contributed by atoms with E-state index in [1.54, 1.807) is 6.20 Å². The van der Waals surface area contributed by atoms with Crippen LogP contribution in [0.1, 0.15) is 25.0 Å². The average Bonchev–Trinajstić information content (AvgIpc) is 3.16. The van der Waals surface area contributed by atoms with Gasteiger partial charge in [0.1, 0.15) is 5.82 Å². The van der Waals surface area contributed by atoms with Crippen molar-refractivity contribution in [3.8, 4) is 0 Å². The number of nitrogens with one attached hydrogen (secondary N) is 1. The number of fused-ring (bicyclic) bond motifs is 2. The lowest BCUT2D eigenvalue weighted by molar-refractivity contribution is -0.122. The topological polar surface area (TPSA) is 117 Å². The number of primary amides is 1. The Kier molecular flexibility index (Phi) is 4.07. The van der Waals surface area contributed by atoms with E-state index >= 15 is 0 Å². The first kappa shape index (κ1) is 16.9. The molecule has 0 saturated carbocycles. The lowest BCUT2D eigenvalue weighted by atomic mass is 9.98. The van der Waals surface area contributed by atoms with E-state index in [-0.39, 0.29) is 11.8 Å². The zero-order chi connectivity index (χ0) is 19.1. The maximum atomic E-state index is 11.6. The first-order valence-corrected chi connectivity index (χ1v) is 9.67. The molecule has 1 unspecified atom stereocenters. The number of hydrogen-bond donors (Lipinski definition) is 2. The second-order valence-corrected chi connectivity index (χ2v) is 7.38. The number of hydrogen-bond acceptors (Lipinski definition) is 7. The smallest absolute Gasteiger partial charge is 0.222 e. The van der Waals surface area contributed by atoms with Gasteiger partial charge >= 0.3 is 0 Å². The van der Waals surface area contributed by atoms with E-state index in [9.17, 15) is 4.79 Å². The molecular formula is C19H22N8O. The molecule has 28 heavy (non-hydrogen) atoms. The molecule has 0 aliphatic carbocycles. The highest BCUT2D eigenvalue weighted by Crippen LogP contribution is 2.34. The number of carbonyl (C=O) groups is 1. The first-order valence-electron chi connectivity index (χ1n) is 9.67. The third-order valence-corrected chi connectivity index (χ3v) is 5.60. The standard InChI is InChI=1S/C19H22N8O/c20-17(28)12-4-2-8-26(11-12)15-10-22-16-18(23-15)24-25-19(16)27-9-3-5-13-14(27)6-1-7-21-13/h1,6-7,10,12H,2-5,8-9,11H2,(H2,20,28)(H,23,24,25). The van der Waals surface area contributed by atoms with Gasteiger partial charge in [-0.25, -0.2) is 9.97 Å². The van der Waals surface area contributed by atoms with Crippen LogP contribution in [-0.2, 0) is 11.2 Å². The van der Waals surface area contributed by atoms with Crippen LogP contribution < -0.4 is 15.5 Å². The number of aryl methyl sites for hydroxylation is 1. The molecule has 1 saturated heterocycles. The van der Waals surface area contributed by atoms with Crippen molar-refractivity contribution in [3.05, 3.63) is 30.2 Å². The number of rotatable bonds is 3. The molecule has 2 aliphatic rings. The van der Waals surface area contributed by atoms with Crippen molar-refractivity contribution in [2.24, 2.45) is 11.7 Å². The summed E-state index contributed by atoms with van der Waals surface area (Å²) in [5.41, 5.74) is 9.04. The van der Waals surface area contributed by atoms with E-state index in [0.29, 0.717) is 12.2 Å². The molecule has 5 rings (SSSR count). The van der Waals surface area contributed by atoms with Crippen molar-refractivity contribution in [3.63, 3.8) is 0 Å². The number of nitrogens with zero attached hydrogens (tertiary/aromatic N) is 6. The minimum atomic E-state index is -0.250. The molecule has 1 amide bonds. The Morgan fingerprint density at radius 1 is 1.25 bits per heavy atom. The Bertz CT molecular complexity index is 1030. The molecule has 2 aliphatic heterocycles. The lowest BCUT2D eigenvalue weighted by Gasteiger charge is -2.31. The van der Waals surface area contributed by atoms with Gasteiger partial charge in [0.25, 0.3) is 0 Å². The van der Waals surface area contributed by atoms with Crippen molar-refractivity contribution >= 4 is 34.4 Å². The summed E-state index contributed by atoms with van der Waals surface area (Å²) in [6.07, 6.45) is 7.33. The number of aromatic nitrogens is 5. The second kappa shape index (κ2) is 6.74. The van der Waals surface area contributed by atoms with Crippen LogP contribution in [0.2, 0.25) is 0 Å². The second-order valence-electron chi connectivity index (χ2n) is 7.38. The summed E-state index contributed by atoms with van der Waals surface area (Å²) in [6, 6.07) is 4.02. The van der Waals surface area contributed by atoms with Crippen molar-refractivity contribution in [2.45, 2.75) is 25.7 Å². The monoisotopic (exact) mass is 378 g/mol. The Balaban J connectivity index is 1.47. The van der Waals surface area contributed by atoms with Crippen LogP contribution in [0.3, 0.4) is 0 Å². The van der Waals surface area contributed by atoms with Crippen molar-refractivity contribution < 1.29 is 4.79 Å². The Morgan fingerprint density at radius 2 is 2.18 bits per heavy atom. The molecule has 1 fully saturated rings. The fourth-order valence-corrected chi connectivity index (χ4v) is 4.15. The highest BCUT2D eigenvalue weighted by molar-refractivity contribution is 5.87. The lowest BCUT2D eigenvalue weighted by Crippen LogP contribution is -2.41. The van der Waals surface area contributed by atoms with Gasteiger partial charge < -0.3 is 15.5 Å². The molecule has 9 nitrogen and oxygen atoms in total. The molecular weight excluding hydrogens is 356 g/mol. The highest BCUT2D eigenvalue weighted by Gasteiger charge is 2.27. The number of carbonyl (C=O) groups excluding carboxylic acids is 1. The molecule has 0 aromatic carbocycles. The third kappa shape index (κ3) is 2.83. The Labute approximate surface area is 162 Å². The van der Waals surface area contributed by atoms with Crippen LogP contribution in [0.15, 0.2) is 24.5 Å². The average molecular weight is 378 g/mol. The summed E-state index contributed by atoms with van der Waals surface area (Å²) >= 11 is 0. The zero-order valence-electron chi connectivity index (χ0n) is 15.5. The number of amides is 1. The maximum absolute atomic E-state index is 11.6. The molecule has 3 aromatic rings. The number of nitrogens with two attached hydrogens (primary N) is 1. The predicted molar refractivity (Wildman–Crippen MR) is 105 cm³/mol. The van der Waals surface area contributed by atoms with Crippen LogP contribution in [0.25, 0.3) is 11.2 Å². The van der Waals surface area contributed by atoms with Gasteiger partial charge in [-0.05, 0) is 37.8 Å². The van der Waals surface area contributed by atoms with Crippen LogP contribution in [0, 0.1) is 5.92 Å². The fourth-order valence-electron chi connectivity index (χ4n) is 4.15. The van der Waals surface area contributed by atoms with Gasteiger partial charge in [-0.3, -0.25) is 14.9 Å². The van der Waals surface area contributed by atoms with Crippen molar-refractivity contribution in [2.75, 3.05) is 29.4 Å². The molecule has 5 heterocycles. The summed E-state index contributed by atoms with van der Waals surface area (Å²) < 4.78 is 0. The molecule has 1 atom stereocenters. The maximum Gasteiger partial charge on any atom is 0.222 e. The number of H-pyrrole nitrogens is 1. The molecule has 0 bridgehead atoms. The van der Waals surface area contributed by atoms with Gasteiger partial charge in [-0.1, -0.05) is 0 Å². The minimum Gasteiger partial charge on any atom is -0.369 e. The fraction of sp³-hybridized carbons (Fsp3) is 0.421. The minimum absolute atomic E-state index is 0.138. The van der Waals surface area contributed by atoms with E-state index in [4.69, 9.17) is 10.7 Å². The molecule has 9 heteroatoms. The molecule has 3 N–H and O–H groups in total. The Morgan fingerprint density at radius 3 is 3.07 bits per heavy atom. The van der Waals surface area contributed by atoms with Crippen LogP contribution in [0.4, 0.5) is 17.3 Å². The summed E-state index contributed by atoms with van der Waals surface area (Å²) in [5, 5.41) is 7.53. The first-order chi connectivity index (χ1) is 13.7. The molecule has 3 aromatic heterocycles. The third-order valence-electron chi connectivity index (χ3n) is 5.60. The summed E-state index contributed by atoms with van der Waals surface area (Å²) in [5.74, 6) is 1.13. The summed E-state index contributed by atoms with van der Waals surface area (Å²) in [4.78, 5) is 29.7. The molecule has 144 valence electrons.